The molecule has 4 rings (SSSR count). The fourth-order valence-electron chi connectivity index (χ4n) is 5.59. The van der Waals surface area contributed by atoms with Gasteiger partial charge in [0.25, 0.3) is 0 Å². The average molecular weight is 504 g/mol. The summed E-state index contributed by atoms with van der Waals surface area (Å²) in [7, 11) is -0.967. The topological polar surface area (TPSA) is 0 Å². The molecule has 0 bridgehead atoms. The van der Waals surface area contributed by atoms with Crippen molar-refractivity contribution in [3.05, 3.63) is 47.6 Å². The fraction of sp³-hybridized carbons (Fsp3) is 0.600. The van der Waals surface area contributed by atoms with Crippen molar-refractivity contribution in [2.24, 2.45) is 11.8 Å². The second kappa shape index (κ2) is 9.25. The Kier molecular flexibility index (Phi) is 8.20. The summed E-state index contributed by atoms with van der Waals surface area (Å²) in [4.78, 5) is 0. The first kappa shape index (κ1) is 21.3. The molecule has 131 valence electrons. The molecule has 4 unspecified atom stereocenters. The molecule has 4 aliphatic carbocycles. The van der Waals surface area contributed by atoms with Crippen LogP contribution in [-0.2, 0) is 19.2 Å². The monoisotopic (exact) mass is 503 g/mol. The Bertz CT molecular complexity index is 518. The number of halogens is 2. The minimum atomic E-state index is -1.31. The Morgan fingerprint density at radius 3 is 1.67 bits per heavy atom. The van der Waals surface area contributed by atoms with Crippen LogP contribution in [-0.4, -0.2) is 10.6 Å². The normalized spacial score (nSPS) is 33.1. The van der Waals surface area contributed by atoms with Crippen molar-refractivity contribution in [3.63, 3.8) is 0 Å². The fourth-order valence-corrected chi connectivity index (χ4v) is 45.6. The van der Waals surface area contributed by atoms with Crippen LogP contribution in [0.15, 0.2) is 47.6 Å². The van der Waals surface area contributed by atoms with Crippen LogP contribution in [0.4, 0.5) is 0 Å². The maximum atomic E-state index is 2.75. The number of hydrogen-bond acceptors (Lipinski definition) is 0. The first-order chi connectivity index (χ1) is 10.8. The average Bonchev–Trinajstić information content (AvgIpc) is 3.13. The smallest absolute Gasteiger partial charge is 1.00 e. The van der Waals surface area contributed by atoms with E-state index in [2.05, 4.69) is 48.0 Å². The summed E-state index contributed by atoms with van der Waals surface area (Å²) in [5.41, 5.74) is 3.87. The van der Waals surface area contributed by atoms with Crippen LogP contribution in [0.3, 0.4) is 0 Å². The molecule has 4 atom stereocenters. The SMILES string of the molecule is [CH3][GeH]([CH3])[Zr+2]([CH]1CCC2CC=CC=C21)[CH]1CCC2CC=CC=C21.[Cl-].[Cl-]. The minimum Gasteiger partial charge on any atom is -1.00 e. The molecule has 24 heavy (non-hydrogen) atoms. The molecular weight excluding hydrogens is 475 g/mol. The van der Waals surface area contributed by atoms with Crippen molar-refractivity contribution in [2.75, 3.05) is 0 Å². The van der Waals surface area contributed by atoms with Gasteiger partial charge in [0.15, 0.2) is 0 Å². The predicted molar refractivity (Wildman–Crippen MR) is 95.5 cm³/mol. The molecule has 0 spiro atoms. The summed E-state index contributed by atoms with van der Waals surface area (Å²) in [5.74, 6) is 7.40. The van der Waals surface area contributed by atoms with E-state index in [-0.39, 0.29) is 24.8 Å². The Labute approximate surface area is 170 Å². The zero-order valence-electron chi connectivity index (χ0n) is 14.8. The molecular formula is C20H29Cl2GeZr. The Morgan fingerprint density at radius 1 is 0.792 bits per heavy atom. The molecule has 0 saturated heterocycles. The predicted octanol–water partition coefficient (Wildman–Crippen LogP) is -0.234. The van der Waals surface area contributed by atoms with Crippen molar-refractivity contribution < 1.29 is 44.1 Å². The van der Waals surface area contributed by atoms with E-state index < -0.39 is 29.8 Å². The summed E-state index contributed by atoms with van der Waals surface area (Å²) in [6.07, 6.45) is 23.5. The zero-order valence-corrected chi connectivity index (χ0v) is 21.2. The van der Waals surface area contributed by atoms with Crippen molar-refractivity contribution in [2.45, 2.75) is 57.3 Å². The van der Waals surface area contributed by atoms with Crippen molar-refractivity contribution in [3.8, 4) is 0 Å². The van der Waals surface area contributed by atoms with E-state index in [4.69, 9.17) is 0 Å². The summed E-state index contributed by atoms with van der Waals surface area (Å²) >= 11 is -1.31. The minimum absolute atomic E-state index is 0. The van der Waals surface area contributed by atoms with Crippen LogP contribution in [0.25, 0.3) is 0 Å². The van der Waals surface area contributed by atoms with E-state index in [1.54, 1.807) is 12.8 Å². The second-order valence-corrected chi connectivity index (χ2v) is 41.7. The quantitative estimate of drug-likeness (QED) is 0.467. The molecule has 4 aliphatic rings. The van der Waals surface area contributed by atoms with Crippen LogP contribution < -0.4 is 24.8 Å². The largest absolute Gasteiger partial charge is 1.00 e. The molecule has 4 heteroatoms. The molecule has 2 fully saturated rings. The number of allylic oxidation sites excluding steroid dienone is 8. The molecule has 0 N–H and O–H groups in total. The molecule has 0 aromatic rings. The summed E-state index contributed by atoms with van der Waals surface area (Å²) in [6.45, 7) is 0. The second-order valence-electron chi connectivity index (χ2n) is 7.97. The van der Waals surface area contributed by atoms with Gasteiger partial charge in [0.1, 0.15) is 0 Å². The molecule has 0 nitrogen and oxygen atoms in total. The van der Waals surface area contributed by atoms with Gasteiger partial charge in [0.05, 0.1) is 0 Å². The van der Waals surface area contributed by atoms with E-state index in [0.29, 0.717) is 0 Å². The van der Waals surface area contributed by atoms with Gasteiger partial charge in [0, 0.05) is 0 Å². The Hall–Kier alpha value is 0.966. The first-order valence-corrected chi connectivity index (χ1v) is 25.6. The number of hydrogen-bond donors (Lipinski definition) is 0. The Morgan fingerprint density at radius 2 is 1.25 bits per heavy atom. The standard InChI is InChI=1S/2C9H11.C2H7Ge.2ClH.Zr/c2*1-2-5-9-7-3-6-8(9)4-1;1-3-2;;;/h2*1-2,4,6,9H,3,5,7H2;3H,1-2H3;2*1H;/q;;;;;+2/p-2. The van der Waals surface area contributed by atoms with Crippen LogP contribution in [0.1, 0.15) is 38.5 Å². The zero-order chi connectivity index (χ0) is 15.1. The van der Waals surface area contributed by atoms with E-state index in [1.165, 1.54) is 25.7 Å². The molecule has 0 aliphatic heterocycles. The summed E-state index contributed by atoms with van der Waals surface area (Å²) < 4.78 is 2.26. The van der Waals surface area contributed by atoms with Crippen molar-refractivity contribution >= 4 is 10.6 Å². The summed E-state index contributed by atoms with van der Waals surface area (Å²) in [5, 5.41) is 0. The van der Waals surface area contributed by atoms with E-state index in [1.807, 2.05) is 11.1 Å². The first-order valence-electron chi connectivity index (χ1n) is 9.35. The molecule has 0 aromatic heterocycles. The Balaban J connectivity index is 0.00000104. The van der Waals surface area contributed by atoms with Crippen molar-refractivity contribution in [1.29, 1.82) is 0 Å². The van der Waals surface area contributed by atoms with Gasteiger partial charge in [-0.05, 0) is 0 Å². The third-order valence-electron chi connectivity index (χ3n) is 6.52. The van der Waals surface area contributed by atoms with Crippen LogP contribution >= 0.6 is 0 Å². The maximum absolute atomic E-state index is 2.75. The molecule has 0 radical (unpaired) electrons. The molecule has 0 heterocycles. The van der Waals surface area contributed by atoms with Crippen molar-refractivity contribution in [1.82, 2.24) is 0 Å². The van der Waals surface area contributed by atoms with Crippen LogP contribution in [0.2, 0.25) is 18.8 Å². The van der Waals surface area contributed by atoms with Crippen LogP contribution in [0.5, 0.6) is 0 Å². The van der Waals surface area contributed by atoms with Crippen LogP contribution in [0, 0.1) is 11.8 Å². The third kappa shape index (κ3) is 3.95. The summed E-state index contributed by atoms with van der Waals surface area (Å²) in [6, 6.07) is 0. The molecule has 0 amide bonds. The van der Waals surface area contributed by atoms with Gasteiger partial charge in [-0.1, -0.05) is 0 Å². The molecule has 2 saturated carbocycles. The van der Waals surface area contributed by atoms with Gasteiger partial charge in [-0.2, -0.15) is 0 Å². The van der Waals surface area contributed by atoms with E-state index >= 15 is 0 Å². The number of fused-ring (bicyclic) bond motifs is 2. The third-order valence-corrected chi connectivity index (χ3v) is 43.3. The van der Waals surface area contributed by atoms with E-state index in [9.17, 15) is 0 Å². The van der Waals surface area contributed by atoms with Gasteiger partial charge < -0.3 is 24.8 Å². The van der Waals surface area contributed by atoms with Gasteiger partial charge in [0.2, 0.25) is 0 Å². The van der Waals surface area contributed by atoms with Gasteiger partial charge in [-0.3, -0.25) is 0 Å². The van der Waals surface area contributed by atoms with Gasteiger partial charge in [-0.25, -0.2) is 0 Å². The molecule has 0 aromatic carbocycles. The van der Waals surface area contributed by atoms with Gasteiger partial charge >= 0.3 is 147 Å². The van der Waals surface area contributed by atoms with Gasteiger partial charge in [-0.15, -0.1) is 0 Å². The number of rotatable bonds is 3. The maximum Gasteiger partial charge on any atom is -1.00 e. The van der Waals surface area contributed by atoms with E-state index in [0.717, 1.165) is 19.1 Å².